The van der Waals surface area contributed by atoms with Crippen LogP contribution < -0.4 is 5.43 Å². The Kier molecular flexibility index (Phi) is 5.61. The Labute approximate surface area is 133 Å². The zero-order valence-electron chi connectivity index (χ0n) is 13.0. The summed E-state index contributed by atoms with van der Waals surface area (Å²) in [7, 11) is 0. The summed E-state index contributed by atoms with van der Waals surface area (Å²) in [5.74, 6) is 0.626. The van der Waals surface area contributed by atoms with E-state index in [2.05, 4.69) is 10.5 Å². The highest BCUT2D eigenvalue weighted by atomic mass is 16.6. The Morgan fingerprint density at radius 2 is 1.91 bits per heavy atom. The molecule has 0 saturated heterocycles. The second-order valence-corrected chi connectivity index (χ2v) is 5.88. The van der Waals surface area contributed by atoms with Crippen molar-refractivity contribution in [1.82, 2.24) is 0 Å². The number of nitrogens with one attached hydrogen (secondary N) is 1. The molecule has 0 aromatic heterocycles. The number of nitro benzene ring substituents is 2. The van der Waals surface area contributed by atoms with Gasteiger partial charge in [-0.05, 0) is 25.3 Å². The molecule has 0 aliphatic heterocycles. The highest BCUT2D eigenvalue weighted by Crippen LogP contribution is 2.29. The van der Waals surface area contributed by atoms with Crippen molar-refractivity contribution in [2.24, 2.45) is 11.0 Å². The molecule has 1 aromatic carbocycles. The van der Waals surface area contributed by atoms with Crippen LogP contribution in [0.4, 0.5) is 17.1 Å². The maximum atomic E-state index is 11.1. The first-order chi connectivity index (χ1) is 11.0. The second kappa shape index (κ2) is 7.66. The SMILES string of the molecule is C/C(CC1CCCCC1)=N\Nc1ccc([N+](=O)[O-])cc1[N+](=O)[O-]. The fourth-order valence-electron chi connectivity index (χ4n) is 2.89. The third-order valence-corrected chi connectivity index (χ3v) is 4.06. The zero-order chi connectivity index (χ0) is 16.8. The molecular weight excluding hydrogens is 300 g/mol. The maximum Gasteiger partial charge on any atom is 0.301 e. The molecule has 124 valence electrons. The molecule has 0 spiro atoms. The summed E-state index contributed by atoms with van der Waals surface area (Å²) in [6, 6.07) is 3.48. The van der Waals surface area contributed by atoms with Gasteiger partial charge in [-0.3, -0.25) is 25.7 Å². The number of hydrazone groups is 1. The van der Waals surface area contributed by atoms with E-state index >= 15 is 0 Å². The lowest BCUT2D eigenvalue weighted by molar-refractivity contribution is -0.393. The Balaban J connectivity index is 2.07. The standard InChI is InChI=1S/C15H20N4O4/c1-11(9-12-5-3-2-4-6-12)16-17-14-8-7-13(18(20)21)10-15(14)19(22)23/h7-8,10,12,17H,2-6,9H2,1H3/b16-11+. The second-order valence-electron chi connectivity index (χ2n) is 5.88. The molecule has 1 N–H and O–H groups in total. The summed E-state index contributed by atoms with van der Waals surface area (Å²) in [5, 5.41) is 26.0. The van der Waals surface area contributed by atoms with Gasteiger partial charge in [0.25, 0.3) is 5.69 Å². The van der Waals surface area contributed by atoms with Crippen LogP contribution in [0.5, 0.6) is 0 Å². The molecule has 1 aromatic rings. The summed E-state index contributed by atoms with van der Waals surface area (Å²) < 4.78 is 0. The number of hydrogen-bond donors (Lipinski definition) is 1. The first-order valence-corrected chi connectivity index (χ1v) is 7.69. The zero-order valence-corrected chi connectivity index (χ0v) is 13.0. The Morgan fingerprint density at radius 3 is 2.52 bits per heavy atom. The van der Waals surface area contributed by atoms with E-state index in [4.69, 9.17) is 0 Å². The summed E-state index contributed by atoms with van der Waals surface area (Å²) in [5.41, 5.74) is 3.04. The van der Waals surface area contributed by atoms with E-state index in [1.165, 1.54) is 44.2 Å². The van der Waals surface area contributed by atoms with Crippen LogP contribution in [0.2, 0.25) is 0 Å². The maximum absolute atomic E-state index is 11.1. The summed E-state index contributed by atoms with van der Waals surface area (Å²) in [6.07, 6.45) is 7.06. The van der Waals surface area contributed by atoms with E-state index < -0.39 is 9.85 Å². The highest BCUT2D eigenvalue weighted by Gasteiger charge is 2.19. The van der Waals surface area contributed by atoms with Crippen molar-refractivity contribution in [2.75, 3.05) is 5.43 Å². The van der Waals surface area contributed by atoms with Gasteiger partial charge in [-0.15, -0.1) is 0 Å². The van der Waals surface area contributed by atoms with Gasteiger partial charge >= 0.3 is 5.69 Å². The predicted octanol–water partition coefficient (Wildman–Crippen LogP) is 4.26. The van der Waals surface area contributed by atoms with Gasteiger partial charge in [-0.25, -0.2) is 0 Å². The van der Waals surface area contributed by atoms with E-state index in [0.717, 1.165) is 18.2 Å². The van der Waals surface area contributed by atoms with Crippen LogP contribution >= 0.6 is 0 Å². The molecule has 1 aliphatic carbocycles. The van der Waals surface area contributed by atoms with Crippen LogP contribution in [0.3, 0.4) is 0 Å². The van der Waals surface area contributed by atoms with Gasteiger partial charge < -0.3 is 0 Å². The van der Waals surface area contributed by atoms with Gasteiger partial charge in [0.1, 0.15) is 5.69 Å². The van der Waals surface area contributed by atoms with Gasteiger partial charge in [-0.1, -0.05) is 32.1 Å². The molecule has 8 nitrogen and oxygen atoms in total. The molecule has 0 heterocycles. The smallest absolute Gasteiger partial charge is 0.272 e. The molecule has 0 radical (unpaired) electrons. The third kappa shape index (κ3) is 4.73. The van der Waals surface area contributed by atoms with Crippen molar-refractivity contribution in [2.45, 2.75) is 45.4 Å². The quantitative estimate of drug-likeness (QED) is 0.478. The predicted molar refractivity (Wildman–Crippen MR) is 87.7 cm³/mol. The summed E-state index contributed by atoms with van der Waals surface area (Å²) in [6.45, 7) is 1.89. The lowest BCUT2D eigenvalue weighted by Gasteiger charge is -2.21. The Hall–Kier alpha value is -2.51. The molecule has 23 heavy (non-hydrogen) atoms. The van der Waals surface area contributed by atoms with Gasteiger partial charge in [0.2, 0.25) is 0 Å². The highest BCUT2D eigenvalue weighted by molar-refractivity contribution is 5.83. The molecule has 2 rings (SSSR count). The van der Waals surface area contributed by atoms with Gasteiger partial charge in [0, 0.05) is 11.8 Å². The van der Waals surface area contributed by atoms with Crippen LogP contribution in [0.1, 0.15) is 45.4 Å². The van der Waals surface area contributed by atoms with Crippen molar-refractivity contribution in [1.29, 1.82) is 0 Å². The van der Waals surface area contributed by atoms with Gasteiger partial charge in [-0.2, -0.15) is 5.10 Å². The van der Waals surface area contributed by atoms with Gasteiger partial charge in [0.15, 0.2) is 0 Å². The molecule has 0 bridgehead atoms. The number of non-ortho nitro benzene ring substituents is 1. The van der Waals surface area contributed by atoms with Crippen LogP contribution in [0.25, 0.3) is 0 Å². The first-order valence-electron chi connectivity index (χ1n) is 7.69. The average molecular weight is 320 g/mol. The molecule has 1 aliphatic rings. The summed E-state index contributed by atoms with van der Waals surface area (Å²) in [4.78, 5) is 20.5. The minimum Gasteiger partial charge on any atom is -0.272 e. The van der Waals surface area contributed by atoms with E-state index in [9.17, 15) is 20.2 Å². The topological polar surface area (TPSA) is 111 Å². The van der Waals surface area contributed by atoms with Crippen LogP contribution in [0, 0.1) is 26.1 Å². The monoisotopic (exact) mass is 320 g/mol. The van der Waals surface area contributed by atoms with Crippen molar-refractivity contribution < 1.29 is 9.85 Å². The average Bonchev–Trinajstić information content (AvgIpc) is 2.53. The molecule has 1 fully saturated rings. The molecule has 8 heteroatoms. The van der Waals surface area contributed by atoms with E-state index in [1.54, 1.807) is 0 Å². The van der Waals surface area contributed by atoms with Gasteiger partial charge in [0.05, 0.1) is 15.9 Å². The molecule has 0 atom stereocenters. The number of hydrogen-bond acceptors (Lipinski definition) is 6. The van der Waals surface area contributed by atoms with E-state index in [-0.39, 0.29) is 17.1 Å². The van der Waals surface area contributed by atoms with Crippen molar-refractivity contribution in [3.63, 3.8) is 0 Å². The lowest BCUT2D eigenvalue weighted by atomic mass is 9.86. The normalized spacial score (nSPS) is 16.1. The molecule has 0 unspecified atom stereocenters. The summed E-state index contributed by atoms with van der Waals surface area (Å²) >= 11 is 0. The lowest BCUT2D eigenvalue weighted by Crippen LogP contribution is -2.11. The number of nitro groups is 2. The fourth-order valence-corrected chi connectivity index (χ4v) is 2.89. The molecule has 0 amide bonds. The number of benzene rings is 1. The first kappa shape index (κ1) is 16.9. The van der Waals surface area contributed by atoms with Crippen LogP contribution in [-0.4, -0.2) is 15.6 Å². The third-order valence-electron chi connectivity index (χ3n) is 4.06. The fraction of sp³-hybridized carbons (Fsp3) is 0.533. The number of rotatable bonds is 6. The Bertz CT molecular complexity index is 624. The molecular formula is C15H20N4O4. The number of anilines is 1. The van der Waals surface area contributed by atoms with Crippen molar-refractivity contribution >= 4 is 22.8 Å². The largest absolute Gasteiger partial charge is 0.301 e. The van der Waals surface area contributed by atoms with Crippen LogP contribution in [0.15, 0.2) is 23.3 Å². The minimum atomic E-state index is -0.658. The number of nitrogens with zero attached hydrogens (tertiary/aromatic N) is 3. The van der Waals surface area contributed by atoms with Crippen molar-refractivity contribution in [3.8, 4) is 0 Å². The van der Waals surface area contributed by atoms with E-state index in [1.807, 2.05) is 6.92 Å². The van der Waals surface area contributed by atoms with E-state index in [0.29, 0.717) is 5.92 Å². The van der Waals surface area contributed by atoms with Crippen molar-refractivity contribution in [3.05, 3.63) is 38.4 Å². The van der Waals surface area contributed by atoms with Crippen LogP contribution in [-0.2, 0) is 0 Å². The minimum absolute atomic E-state index is 0.156. The Morgan fingerprint density at radius 1 is 1.22 bits per heavy atom. The molecule has 1 saturated carbocycles.